The van der Waals surface area contributed by atoms with Gasteiger partial charge in [0.15, 0.2) is 6.61 Å². The van der Waals surface area contributed by atoms with E-state index >= 15 is 0 Å². The number of carbonyl (C=O) groups is 2. The van der Waals surface area contributed by atoms with Gasteiger partial charge < -0.3 is 20.3 Å². The number of aliphatic carboxylic acids is 1. The van der Waals surface area contributed by atoms with Gasteiger partial charge in [-0.3, -0.25) is 4.79 Å². The van der Waals surface area contributed by atoms with Gasteiger partial charge in [0, 0.05) is 0 Å². The molecule has 98 valence electrons. The molecule has 0 aliphatic carbocycles. The lowest BCUT2D eigenvalue weighted by atomic mass is 10.2. The zero-order valence-electron chi connectivity index (χ0n) is 9.74. The molecule has 0 bridgehead atoms. The van der Waals surface area contributed by atoms with Gasteiger partial charge in [0.25, 0.3) is 0 Å². The molecular formula is C12H15NO5. The second-order valence-corrected chi connectivity index (χ2v) is 3.61. The molecule has 0 amide bonds. The van der Waals surface area contributed by atoms with Crippen molar-refractivity contribution in [3.63, 3.8) is 0 Å². The smallest absolute Gasteiger partial charge is 0.341 e. The summed E-state index contributed by atoms with van der Waals surface area (Å²) in [5, 5.41) is 8.32. The molecule has 3 N–H and O–H groups in total. The highest BCUT2D eigenvalue weighted by Crippen LogP contribution is 2.00. The highest BCUT2D eigenvalue weighted by molar-refractivity contribution is 5.78. The van der Waals surface area contributed by atoms with E-state index in [9.17, 15) is 9.59 Å². The van der Waals surface area contributed by atoms with E-state index in [1.807, 2.05) is 30.3 Å². The molecular weight excluding hydrogens is 238 g/mol. The number of carboxylic acids is 1. The molecule has 1 rings (SSSR count). The number of carbonyl (C=O) groups excluding carboxylic acids is 1. The zero-order valence-corrected chi connectivity index (χ0v) is 9.74. The van der Waals surface area contributed by atoms with Crippen molar-refractivity contribution >= 4 is 11.9 Å². The maximum absolute atomic E-state index is 11.2. The van der Waals surface area contributed by atoms with Crippen LogP contribution in [0.3, 0.4) is 0 Å². The monoisotopic (exact) mass is 253 g/mol. The minimum Gasteiger partial charge on any atom is -0.479 e. The van der Waals surface area contributed by atoms with Crippen molar-refractivity contribution in [2.75, 3.05) is 13.2 Å². The average Bonchev–Trinajstić information content (AvgIpc) is 2.37. The van der Waals surface area contributed by atoms with Gasteiger partial charge in [-0.25, -0.2) is 4.79 Å². The fraction of sp³-hybridized carbons (Fsp3) is 0.333. The fourth-order valence-corrected chi connectivity index (χ4v) is 1.19. The van der Waals surface area contributed by atoms with E-state index in [0.29, 0.717) is 6.61 Å². The molecule has 6 heteroatoms. The highest BCUT2D eigenvalue weighted by atomic mass is 16.6. The van der Waals surface area contributed by atoms with E-state index in [2.05, 4.69) is 4.74 Å². The van der Waals surface area contributed by atoms with Crippen LogP contribution in [-0.4, -0.2) is 36.3 Å². The lowest BCUT2D eigenvalue weighted by Gasteiger charge is -2.11. The summed E-state index contributed by atoms with van der Waals surface area (Å²) in [6.45, 7) is -0.376. The van der Waals surface area contributed by atoms with Crippen LogP contribution in [0.2, 0.25) is 0 Å². The van der Waals surface area contributed by atoms with E-state index in [1.54, 1.807) is 0 Å². The number of nitrogens with two attached hydrogens (primary N) is 1. The first-order valence-corrected chi connectivity index (χ1v) is 5.35. The minimum absolute atomic E-state index is 0.0205. The fourth-order valence-electron chi connectivity index (χ4n) is 1.19. The van der Waals surface area contributed by atoms with Gasteiger partial charge in [0.1, 0.15) is 6.04 Å². The van der Waals surface area contributed by atoms with Crippen LogP contribution in [0.1, 0.15) is 5.56 Å². The normalized spacial score (nSPS) is 11.8. The second-order valence-electron chi connectivity index (χ2n) is 3.61. The van der Waals surface area contributed by atoms with Gasteiger partial charge in [-0.1, -0.05) is 30.3 Å². The van der Waals surface area contributed by atoms with Crippen LogP contribution in [0, 0.1) is 0 Å². The van der Waals surface area contributed by atoms with Gasteiger partial charge in [-0.05, 0) is 5.56 Å². The average molecular weight is 253 g/mol. The molecule has 0 radical (unpaired) electrons. The van der Waals surface area contributed by atoms with Gasteiger partial charge in [-0.2, -0.15) is 0 Å². The number of carboxylic acid groups (broad SMARTS) is 1. The molecule has 0 spiro atoms. The largest absolute Gasteiger partial charge is 0.479 e. The molecule has 0 saturated heterocycles. The molecule has 6 nitrogen and oxygen atoms in total. The molecule has 1 aromatic carbocycles. The van der Waals surface area contributed by atoms with Crippen LogP contribution >= 0.6 is 0 Å². The lowest BCUT2D eigenvalue weighted by Crippen LogP contribution is -2.37. The molecule has 0 fully saturated rings. The van der Waals surface area contributed by atoms with E-state index in [4.69, 9.17) is 15.6 Å². The van der Waals surface area contributed by atoms with Crippen LogP contribution in [-0.2, 0) is 25.7 Å². The number of rotatable bonds is 7. The summed E-state index contributed by atoms with van der Waals surface area (Å²) < 4.78 is 9.66. The van der Waals surface area contributed by atoms with Crippen LogP contribution in [0.15, 0.2) is 30.3 Å². The molecule has 0 aliphatic heterocycles. The van der Waals surface area contributed by atoms with E-state index in [0.717, 1.165) is 5.56 Å². The molecule has 18 heavy (non-hydrogen) atoms. The standard InChI is InChI=1S/C12H15NO5/c13-10(12(16)18-8-11(14)15)7-17-6-9-4-2-1-3-5-9/h1-5,10H,6-8,13H2,(H,14,15)/t10-/m1/s1. The summed E-state index contributed by atoms with van der Waals surface area (Å²) in [6.07, 6.45) is 0. The van der Waals surface area contributed by atoms with Crippen LogP contribution in [0.4, 0.5) is 0 Å². The summed E-state index contributed by atoms with van der Waals surface area (Å²) >= 11 is 0. The van der Waals surface area contributed by atoms with Crippen molar-refractivity contribution in [3.8, 4) is 0 Å². The molecule has 0 aromatic heterocycles. The highest BCUT2D eigenvalue weighted by Gasteiger charge is 2.16. The first kappa shape index (κ1) is 14.1. The van der Waals surface area contributed by atoms with Crippen molar-refractivity contribution < 1.29 is 24.2 Å². The topological polar surface area (TPSA) is 98.9 Å². The predicted octanol–water partition coefficient (Wildman–Crippen LogP) is 0.158. The lowest BCUT2D eigenvalue weighted by molar-refractivity contribution is -0.157. The van der Waals surface area contributed by atoms with Crippen molar-refractivity contribution in [2.45, 2.75) is 12.6 Å². The Labute approximate surface area is 104 Å². The van der Waals surface area contributed by atoms with Gasteiger partial charge in [0.05, 0.1) is 13.2 Å². The maximum atomic E-state index is 11.2. The Morgan fingerprint density at radius 1 is 1.28 bits per heavy atom. The molecule has 1 aromatic rings. The Morgan fingerprint density at radius 2 is 1.94 bits per heavy atom. The molecule has 0 unspecified atom stereocenters. The number of esters is 1. The van der Waals surface area contributed by atoms with Crippen LogP contribution < -0.4 is 5.73 Å². The third kappa shape index (κ3) is 5.42. The number of hydrogen-bond acceptors (Lipinski definition) is 5. The second kappa shape index (κ2) is 7.41. The van der Waals surface area contributed by atoms with Crippen molar-refractivity contribution in [3.05, 3.63) is 35.9 Å². The van der Waals surface area contributed by atoms with Crippen molar-refractivity contribution in [1.82, 2.24) is 0 Å². The molecule has 0 aliphatic rings. The zero-order chi connectivity index (χ0) is 13.4. The van der Waals surface area contributed by atoms with Crippen LogP contribution in [0.25, 0.3) is 0 Å². The molecule has 0 heterocycles. The first-order chi connectivity index (χ1) is 8.59. The Kier molecular flexibility index (Phi) is 5.83. The van der Waals surface area contributed by atoms with Gasteiger partial charge in [0.2, 0.25) is 0 Å². The Hall–Kier alpha value is -1.92. The number of ether oxygens (including phenoxy) is 2. The minimum atomic E-state index is -1.22. The summed E-state index contributed by atoms with van der Waals surface area (Å²) in [7, 11) is 0. The quantitative estimate of drug-likeness (QED) is 0.671. The number of hydrogen-bond donors (Lipinski definition) is 2. The third-order valence-corrected chi connectivity index (χ3v) is 2.05. The summed E-state index contributed by atoms with van der Waals surface area (Å²) in [5.74, 6) is -2.01. The summed E-state index contributed by atoms with van der Waals surface area (Å²) in [6, 6.07) is 8.42. The molecule has 0 saturated carbocycles. The third-order valence-electron chi connectivity index (χ3n) is 2.05. The Morgan fingerprint density at radius 3 is 2.56 bits per heavy atom. The Bertz CT molecular complexity index is 393. The van der Waals surface area contributed by atoms with Gasteiger partial charge >= 0.3 is 11.9 Å². The van der Waals surface area contributed by atoms with E-state index in [1.165, 1.54) is 0 Å². The van der Waals surface area contributed by atoms with E-state index < -0.39 is 24.6 Å². The summed E-state index contributed by atoms with van der Waals surface area (Å²) in [4.78, 5) is 21.4. The first-order valence-electron chi connectivity index (χ1n) is 5.35. The van der Waals surface area contributed by atoms with E-state index in [-0.39, 0.29) is 6.61 Å². The van der Waals surface area contributed by atoms with Crippen molar-refractivity contribution in [2.24, 2.45) is 5.73 Å². The predicted molar refractivity (Wildman–Crippen MR) is 62.7 cm³/mol. The SMILES string of the molecule is N[C@H](COCc1ccccc1)C(=O)OCC(=O)O. The number of benzene rings is 1. The van der Waals surface area contributed by atoms with Crippen LogP contribution in [0.5, 0.6) is 0 Å². The van der Waals surface area contributed by atoms with Gasteiger partial charge in [-0.15, -0.1) is 0 Å². The summed E-state index contributed by atoms with van der Waals surface area (Å²) in [5.41, 5.74) is 6.44. The maximum Gasteiger partial charge on any atom is 0.341 e. The van der Waals surface area contributed by atoms with Crippen molar-refractivity contribution in [1.29, 1.82) is 0 Å². The Balaban J connectivity index is 2.22. The molecule has 1 atom stereocenters.